The van der Waals surface area contributed by atoms with Crippen LogP contribution in [0.4, 0.5) is 0 Å². The van der Waals surface area contributed by atoms with E-state index < -0.39 is 5.97 Å². The topological polar surface area (TPSA) is 79.5 Å². The van der Waals surface area contributed by atoms with Crippen LogP contribution in [-0.2, 0) is 4.79 Å². The lowest BCUT2D eigenvalue weighted by atomic mass is 10.0. The predicted octanol–water partition coefficient (Wildman–Crippen LogP) is 2.27. The highest BCUT2D eigenvalue weighted by atomic mass is 79.9. The molecule has 17 heavy (non-hydrogen) atoms. The molecule has 6 heteroatoms. The fourth-order valence-electron chi connectivity index (χ4n) is 1.37. The summed E-state index contributed by atoms with van der Waals surface area (Å²) < 4.78 is 5.57. The molecule has 0 aliphatic heterocycles. The van der Waals surface area contributed by atoms with Gasteiger partial charge in [-0.15, -0.1) is 0 Å². The average molecular weight is 304 g/mol. The maximum atomic E-state index is 11.6. The van der Waals surface area contributed by atoms with Crippen LogP contribution in [0.5, 0.6) is 0 Å². The van der Waals surface area contributed by atoms with Gasteiger partial charge in [0.05, 0.1) is 0 Å². The normalized spacial score (nSPS) is 12.1. The van der Waals surface area contributed by atoms with E-state index in [4.69, 9.17) is 9.52 Å². The molecule has 0 aromatic carbocycles. The number of hydrogen-bond donors (Lipinski definition) is 2. The molecule has 0 spiro atoms. The lowest BCUT2D eigenvalue weighted by Gasteiger charge is -2.12. The van der Waals surface area contributed by atoms with Crippen molar-refractivity contribution in [2.45, 2.75) is 19.8 Å². The van der Waals surface area contributed by atoms with E-state index >= 15 is 0 Å². The quantitative estimate of drug-likeness (QED) is 0.845. The monoisotopic (exact) mass is 303 g/mol. The number of carboxylic acids is 1. The molecule has 94 valence electrons. The number of nitrogens with one attached hydrogen (secondary N) is 1. The van der Waals surface area contributed by atoms with Gasteiger partial charge in [0.25, 0.3) is 5.91 Å². The molecule has 0 radical (unpaired) electrons. The highest BCUT2D eigenvalue weighted by molar-refractivity contribution is 9.10. The van der Waals surface area contributed by atoms with E-state index in [1.165, 1.54) is 0 Å². The van der Waals surface area contributed by atoms with Crippen molar-refractivity contribution in [2.75, 3.05) is 6.54 Å². The average Bonchev–Trinajstić information content (AvgIpc) is 2.70. The first kappa shape index (κ1) is 13.8. The largest absolute Gasteiger partial charge is 0.481 e. The van der Waals surface area contributed by atoms with Gasteiger partial charge in [-0.25, -0.2) is 0 Å². The maximum absolute atomic E-state index is 11.6. The molecule has 0 bridgehead atoms. The summed E-state index contributed by atoms with van der Waals surface area (Å²) in [5.41, 5.74) is 0. The van der Waals surface area contributed by atoms with Crippen molar-refractivity contribution in [3.05, 3.63) is 22.6 Å². The van der Waals surface area contributed by atoms with E-state index in [0.717, 1.165) is 0 Å². The van der Waals surface area contributed by atoms with Crippen LogP contribution in [0, 0.1) is 5.92 Å². The molecule has 0 aliphatic carbocycles. The van der Waals surface area contributed by atoms with Gasteiger partial charge in [-0.3, -0.25) is 9.59 Å². The number of amides is 1. The molecular formula is C11H14BrNO4. The van der Waals surface area contributed by atoms with Gasteiger partial charge in [-0.1, -0.05) is 13.3 Å². The number of carbonyl (C=O) groups excluding carboxylic acids is 1. The first-order valence-corrected chi connectivity index (χ1v) is 6.07. The van der Waals surface area contributed by atoms with Crippen molar-refractivity contribution < 1.29 is 19.1 Å². The first-order valence-electron chi connectivity index (χ1n) is 5.28. The van der Waals surface area contributed by atoms with Gasteiger partial charge in [0.1, 0.15) is 0 Å². The van der Waals surface area contributed by atoms with Gasteiger partial charge in [0.15, 0.2) is 10.4 Å². The molecule has 1 heterocycles. The number of aliphatic carboxylic acids is 1. The summed E-state index contributed by atoms with van der Waals surface area (Å²) >= 11 is 3.10. The van der Waals surface area contributed by atoms with Crippen LogP contribution in [0.3, 0.4) is 0 Å². The molecule has 1 aromatic heterocycles. The molecule has 0 saturated carbocycles. The first-order chi connectivity index (χ1) is 8.02. The molecule has 0 fully saturated rings. The Balaban J connectivity index is 2.44. The summed E-state index contributed by atoms with van der Waals surface area (Å²) in [6, 6.07) is 3.18. The summed E-state index contributed by atoms with van der Waals surface area (Å²) in [6.07, 6.45) is 0.757. The minimum atomic E-state index is -0.855. The van der Waals surface area contributed by atoms with E-state index in [2.05, 4.69) is 21.2 Å². The number of halogens is 1. The zero-order chi connectivity index (χ0) is 12.8. The molecule has 1 unspecified atom stereocenters. The number of carbonyl (C=O) groups is 2. The van der Waals surface area contributed by atoms with Crippen molar-refractivity contribution in [3.8, 4) is 0 Å². The molecule has 1 amide bonds. The second-order valence-corrected chi connectivity index (χ2v) is 4.47. The van der Waals surface area contributed by atoms with E-state index in [0.29, 0.717) is 17.6 Å². The molecule has 0 saturated heterocycles. The minimum absolute atomic E-state index is 0.0542. The zero-order valence-corrected chi connectivity index (χ0v) is 11.0. The summed E-state index contributed by atoms with van der Waals surface area (Å²) in [4.78, 5) is 22.1. The highest BCUT2D eigenvalue weighted by Gasteiger charge is 2.15. The zero-order valence-electron chi connectivity index (χ0n) is 9.40. The Kier molecular flexibility index (Phi) is 5.21. The van der Waals surface area contributed by atoms with E-state index in [-0.39, 0.29) is 24.0 Å². The van der Waals surface area contributed by atoms with E-state index in [1.807, 2.05) is 6.92 Å². The van der Waals surface area contributed by atoms with Crippen LogP contribution < -0.4 is 5.32 Å². The number of carboxylic acid groups (broad SMARTS) is 1. The van der Waals surface area contributed by atoms with Crippen LogP contribution >= 0.6 is 15.9 Å². The van der Waals surface area contributed by atoms with Gasteiger partial charge in [0, 0.05) is 13.0 Å². The standard InChI is InChI=1S/C11H14BrNO4/c1-2-7(5-10(14)15)6-13-11(16)8-3-4-9(12)17-8/h3-4,7H,2,5-6H2,1H3,(H,13,16)(H,14,15). The lowest BCUT2D eigenvalue weighted by Crippen LogP contribution is -2.29. The third-order valence-electron chi connectivity index (χ3n) is 2.39. The Morgan fingerprint density at radius 2 is 2.24 bits per heavy atom. The van der Waals surface area contributed by atoms with Crippen molar-refractivity contribution in [1.29, 1.82) is 0 Å². The van der Waals surface area contributed by atoms with Gasteiger partial charge >= 0.3 is 5.97 Å². The Bertz CT molecular complexity index is 402. The Hall–Kier alpha value is -1.30. The molecule has 0 aliphatic rings. The van der Waals surface area contributed by atoms with Gasteiger partial charge < -0.3 is 14.8 Å². The van der Waals surface area contributed by atoms with Crippen molar-refractivity contribution in [2.24, 2.45) is 5.92 Å². The second-order valence-electron chi connectivity index (χ2n) is 3.69. The third-order valence-corrected chi connectivity index (χ3v) is 2.82. The van der Waals surface area contributed by atoms with Gasteiger partial charge in [-0.05, 0) is 34.0 Å². The van der Waals surface area contributed by atoms with Crippen LogP contribution in [0.1, 0.15) is 30.3 Å². The van der Waals surface area contributed by atoms with Crippen molar-refractivity contribution >= 4 is 27.8 Å². The Labute approximate surface area is 107 Å². The molecule has 1 aromatic rings. The van der Waals surface area contributed by atoms with Crippen LogP contribution in [0.25, 0.3) is 0 Å². The Morgan fingerprint density at radius 1 is 1.53 bits per heavy atom. The Morgan fingerprint density at radius 3 is 2.71 bits per heavy atom. The van der Waals surface area contributed by atoms with E-state index in [1.54, 1.807) is 12.1 Å². The van der Waals surface area contributed by atoms with Gasteiger partial charge in [0.2, 0.25) is 0 Å². The summed E-state index contributed by atoms with van der Waals surface area (Å²) in [6.45, 7) is 2.23. The molecule has 1 atom stereocenters. The summed E-state index contributed by atoms with van der Waals surface area (Å²) in [5, 5.41) is 11.3. The van der Waals surface area contributed by atoms with Crippen LogP contribution in [0.2, 0.25) is 0 Å². The third kappa shape index (κ3) is 4.60. The van der Waals surface area contributed by atoms with E-state index in [9.17, 15) is 9.59 Å². The summed E-state index contributed by atoms with van der Waals surface area (Å²) in [7, 11) is 0. The molecule has 1 rings (SSSR count). The van der Waals surface area contributed by atoms with Crippen molar-refractivity contribution in [1.82, 2.24) is 5.32 Å². The van der Waals surface area contributed by atoms with Crippen LogP contribution in [-0.4, -0.2) is 23.5 Å². The lowest BCUT2D eigenvalue weighted by molar-refractivity contribution is -0.138. The number of hydrogen-bond acceptors (Lipinski definition) is 3. The van der Waals surface area contributed by atoms with Gasteiger partial charge in [-0.2, -0.15) is 0 Å². The minimum Gasteiger partial charge on any atom is -0.481 e. The number of rotatable bonds is 6. The van der Waals surface area contributed by atoms with Crippen molar-refractivity contribution in [3.63, 3.8) is 0 Å². The second kappa shape index (κ2) is 6.44. The molecule has 2 N–H and O–H groups in total. The predicted molar refractivity (Wildman–Crippen MR) is 64.8 cm³/mol. The molecular weight excluding hydrogens is 290 g/mol. The highest BCUT2D eigenvalue weighted by Crippen LogP contribution is 2.14. The fourth-order valence-corrected chi connectivity index (χ4v) is 1.67. The molecule has 5 nitrogen and oxygen atoms in total. The number of furan rings is 1. The maximum Gasteiger partial charge on any atom is 0.303 e. The van der Waals surface area contributed by atoms with Crippen LogP contribution in [0.15, 0.2) is 21.2 Å². The SMILES string of the molecule is CCC(CNC(=O)c1ccc(Br)o1)CC(=O)O. The smallest absolute Gasteiger partial charge is 0.303 e. The fraction of sp³-hybridized carbons (Fsp3) is 0.455. The summed E-state index contributed by atoms with van der Waals surface area (Å²) in [5.74, 6) is -1.04.